The number of aliphatic hydroxyl groups is 1. The first kappa shape index (κ1) is 9.20. The first-order valence-corrected chi connectivity index (χ1v) is 4.08. The summed E-state index contributed by atoms with van der Waals surface area (Å²) in [5.74, 6) is -0.286. The number of Topliss-reactive ketones (excluding diaryl/α,β-unsaturated/α-hetero) is 1. The van der Waals surface area contributed by atoms with E-state index >= 15 is 0 Å². The van der Waals surface area contributed by atoms with Gasteiger partial charge in [0.15, 0.2) is 5.78 Å². The molecule has 1 aliphatic carbocycles. The van der Waals surface area contributed by atoms with E-state index in [0.717, 1.165) is 11.1 Å². The van der Waals surface area contributed by atoms with Gasteiger partial charge in [-0.1, -0.05) is 18.2 Å². The zero-order valence-electron chi connectivity index (χ0n) is 7.50. The molecule has 0 amide bonds. The Morgan fingerprint density at radius 2 is 2.33 bits per heavy atom. The van der Waals surface area contributed by atoms with Crippen LogP contribution in [0.5, 0.6) is 0 Å². The molecule has 2 atom stereocenters. The van der Waals surface area contributed by atoms with Gasteiger partial charge in [-0.15, -0.1) is 0 Å². The molecule has 2 heteroatoms. The van der Waals surface area contributed by atoms with E-state index in [4.69, 9.17) is 0 Å². The summed E-state index contributed by atoms with van der Waals surface area (Å²) < 4.78 is 0. The average Bonchev–Trinajstić information content (AvgIpc) is 2.00. The van der Waals surface area contributed by atoms with Crippen LogP contribution in [0, 0.1) is 5.92 Å². The highest BCUT2D eigenvalue weighted by atomic mass is 16.3. The van der Waals surface area contributed by atoms with Crippen LogP contribution in [0.25, 0.3) is 0 Å². The smallest absolute Gasteiger partial charge is 0.172 e. The third-order valence-electron chi connectivity index (χ3n) is 2.31. The van der Waals surface area contributed by atoms with Crippen molar-refractivity contribution >= 4 is 5.78 Å². The summed E-state index contributed by atoms with van der Waals surface area (Å²) in [6.07, 6.45) is 1.70. The topological polar surface area (TPSA) is 37.3 Å². The van der Waals surface area contributed by atoms with Gasteiger partial charge < -0.3 is 5.11 Å². The lowest BCUT2D eigenvalue weighted by atomic mass is 9.83. The average molecular weight is 166 g/mol. The predicted octanol–water partition coefficient (Wildman–Crippen LogP) is 1.46. The van der Waals surface area contributed by atoms with Crippen molar-refractivity contribution in [2.75, 3.05) is 0 Å². The summed E-state index contributed by atoms with van der Waals surface area (Å²) in [7, 11) is 0. The minimum absolute atomic E-state index is 0.109. The van der Waals surface area contributed by atoms with E-state index in [-0.39, 0.29) is 11.7 Å². The lowest BCUT2D eigenvalue weighted by Gasteiger charge is -2.23. The van der Waals surface area contributed by atoms with Gasteiger partial charge in [0, 0.05) is 5.92 Å². The quantitative estimate of drug-likeness (QED) is 0.599. The maximum absolute atomic E-state index is 11.4. The van der Waals surface area contributed by atoms with Gasteiger partial charge in [-0.2, -0.15) is 0 Å². The Bertz CT molecular complexity index is 251. The molecule has 0 aromatic carbocycles. The van der Waals surface area contributed by atoms with Crippen LogP contribution in [0.15, 0.2) is 23.8 Å². The Morgan fingerprint density at radius 3 is 2.83 bits per heavy atom. The molecule has 0 saturated heterocycles. The van der Waals surface area contributed by atoms with Crippen molar-refractivity contribution in [1.82, 2.24) is 0 Å². The second kappa shape index (κ2) is 3.23. The number of aliphatic hydroxyl groups excluding tert-OH is 1. The SMILES string of the molecule is C=C(C)C1CC=C(C)C(O)C1=O. The van der Waals surface area contributed by atoms with Crippen LogP contribution in [0.4, 0.5) is 0 Å². The van der Waals surface area contributed by atoms with Gasteiger partial charge in [-0.05, 0) is 25.8 Å². The molecule has 1 N–H and O–H groups in total. The number of allylic oxidation sites excluding steroid dienone is 2. The number of carbonyl (C=O) groups excluding carboxylic acids is 1. The third kappa shape index (κ3) is 1.48. The third-order valence-corrected chi connectivity index (χ3v) is 2.31. The van der Waals surface area contributed by atoms with Gasteiger partial charge in [0.05, 0.1) is 0 Å². The molecule has 0 aromatic heterocycles. The molecule has 0 saturated carbocycles. The molecule has 0 heterocycles. The van der Waals surface area contributed by atoms with Crippen LogP contribution in [-0.2, 0) is 4.79 Å². The van der Waals surface area contributed by atoms with Gasteiger partial charge in [0.25, 0.3) is 0 Å². The van der Waals surface area contributed by atoms with E-state index in [1.54, 1.807) is 6.92 Å². The van der Waals surface area contributed by atoms with Gasteiger partial charge in [-0.3, -0.25) is 4.79 Å². The number of ketones is 1. The maximum atomic E-state index is 11.4. The molecule has 1 rings (SSSR count). The summed E-state index contributed by atoms with van der Waals surface area (Å²) in [6, 6.07) is 0. The molecule has 1 aliphatic rings. The zero-order chi connectivity index (χ0) is 9.30. The summed E-state index contributed by atoms with van der Waals surface area (Å²) in [4.78, 5) is 11.4. The maximum Gasteiger partial charge on any atom is 0.172 e. The minimum atomic E-state index is -0.902. The Balaban J connectivity index is 2.87. The molecular formula is C10H14O2. The van der Waals surface area contributed by atoms with E-state index in [1.165, 1.54) is 0 Å². The zero-order valence-corrected chi connectivity index (χ0v) is 7.50. The molecule has 0 radical (unpaired) electrons. The molecule has 0 bridgehead atoms. The largest absolute Gasteiger partial charge is 0.381 e. The predicted molar refractivity (Wildman–Crippen MR) is 47.7 cm³/mol. The summed E-state index contributed by atoms with van der Waals surface area (Å²) in [5, 5.41) is 9.41. The highest BCUT2D eigenvalue weighted by Crippen LogP contribution is 2.25. The van der Waals surface area contributed by atoms with E-state index < -0.39 is 6.10 Å². The molecule has 2 unspecified atom stereocenters. The fraction of sp³-hybridized carbons (Fsp3) is 0.500. The van der Waals surface area contributed by atoms with Crippen LogP contribution >= 0.6 is 0 Å². The highest BCUT2D eigenvalue weighted by molar-refractivity contribution is 5.91. The highest BCUT2D eigenvalue weighted by Gasteiger charge is 2.29. The Morgan fingerprint density at radius 1 is 1.75 bits per heavy atom. The van der Waals surface area contributed by atoms with Gasteiger partial charge in [0.2, 0.25) is 0 Å². The molecule has 12 heavy (non-hydrogen) atoms. The first-order valence-electron chi connectivity index (χ1n) is 4.08. The fourth-order valence-electron chi connectivity index (χ4n) is 1.39. The molecule has 0 aromatic rings. The summed E-state index contributed by atoms with van der Waals surface area (Å²) >= 11 is 0. The number of hydrogen-bond acceptors (Lipinski definition) is 2. The van der Waals surface area contributed by atoms with Crippen molar-refractivity contribution in [1.29, 1.82) is 0 Å². The van der Waals surface area contributed by atoms with Crippen molar-refractivity contribution in [3.63, 3.8) is 0 Å². The number of carbonyl (C=O) groups is 1. The van der Waals surface area contributed by atoms with Crippen LogP contribution < -0.4 is 0 Å². The van der Waals surface area contributed by atoms with Crippen LogP contribution in [0.3, 0.4) is 0 Å². The van der Waals surface area contributed by atoms with Crippen molar-refractivity contribution < 1.29 is 9.90 Å². The molecular weight excluding hydrogens is 152 g/mol. The lowest BCUT2D eigenvalue weighted by Crippen LogP contribution is -2.32. The fourth-order valence-corrected chi connectivity index (χ4v) is 1.39. The minimum Gasteiger partial charge on any atom is -0.381 e. The molecule has 0 fully saturated rings. The van der Waals surface area contributed by atoms with Crippen molar-refractivity contribution in [2.24, 2.45) is 5.92 Å². The van der Waals surface area contributed by atoms with Crippen molar-refractivity contribution in [3.05, 3.63) is 23.8 Å². The molecule has 0 aliphatic heterocycles. The van der Waals surface area contributed by atoms with E-state index in [0.29, 0.717) is 6.42 Å². The number of hydrogen-bond donors (Lipinski definition) is 1. The molecule has 66 valence electrons. The van der Waals surface area contributed by atoms with Crippen molar-refractivity contribution in [2.45, 2.75) is 26.4 Å². The van der Waals surface area contributed by atoms with Gasteiger partial charge in [-0.25, -0.2) is 0 Å². The lowest BCUT2D eigenvalue weighted by molar-refractivity contribution is -0.128. The van der Waals surface area contributed by atoms with Crippen LogP contribution in [-0.4, -0.2) is 17.0 Å². The van der Waals surface area contributed by atoms with Crippen LogP contribution in [0.2, 0.25) is 0 Å². The Kier molecular flexibility index (Phi) is 2.48. The summed E-state index contributed by atoms with van der Waals surface area (Å²) in [6.45, 7) is 7.33. The molecule has 2 nitrogen and oxygen atoms in total. The van der Waals surface area contributed by atoms with E-state index in [1.807, 2.05) is 13.0 Å². The first-order chi connectivity index (χ1) is 5.54. The molecule has 0 spiro atoms. The standard InChI is InChI=1S/C10H14O2/c1-6(2)8-5-4-7(3)9(11)10(8)12/h4,8-9,11H,1,5H2,2-3H3. The van der Waals surface area contributed by atoms with E-state index in [2.05, 4.69) is 6.58 Å². The second-order valence-electron chi connectivity index (χ2n) is 3.39. The van der Waals surface area contributed by atoms with E-state index in [9.17, 15) is 9.90 Å². The monoisotopic (exact) mass is 166 g/mol. The van der Waals surface area contributed by atoms with Crippen LogP contribution in [0.1, 0.15) is 20.3 Å². The number of rotatable bonds is 1. The Labute approximate surface area is 72.6 Å². The summed E-state index contributed by atoms with van der Waals surface area (Å²) in [5.41, 5.74) is 1.60. The van der Waals surface area contributed by atoms with Gasteiger partial charge in [0.1, 0.15) is 6.10 Å². The van der Waals surface area contributed by atoms with Crippen molar-refractivity contribution in [3.8, 4) is 0 Å². The normalized spacial score (nSPS) is 29.9. The second-order valence-corrected chi connectivity index (χ2v) is 3.39. The Hall–Kier alpha value is -0.890. The van der Waals surface area contributed by atoms with Gasteiger partial charge >= 0.3 is 0 Å².